The highest BCUT2D eigenvalue weighted by molar-refractivity contribution is 6.33. The van der Waals surface area contributed by atoms with Gasteiger partial charge in [-0.2, -0.15) is 0 Å². The first-order chi connectivity index (χ1) is 9.56. The Morgan fingerprint density at radius 3 is 2.85 bits per heavy atom. The van der Waals surface area contributed by atoms with Gasteiger partial charge in [0.2, 0.25) is 5.91 Å². The van der Waals surface area contributed by atoms with E-state index in [2.05, 4.69) is 11.4 Å². The minimum absolute atomic E-state index is 0.00707. The zero-order valence-corrected chi connectivity index (χ0v) is 11.9. The van der Waals surface area contributed by atoms with Gasteiger partial charge in [-0.15, -0.1) is 0 Å². The first-order valence-corrected chi connectivity index (χ1v) is 6.88. The van der Waals surface area contributed by atoms with Crippen molar-refractivity contribution in [3.63, 3.8) is 0 Å². The molecule has 0 saturated carbocycles. The fourth-order valence-electron chi connectivity index (χ4n) is 2.55. The number of anilines is 2. The summed E-state index contributed by atoms with van der Waals surface area (Å²) in [7, 11) is 0. The second-order valence-corrected chi connectivity index (χ2v) is 5.54. The van der Waals surface area contributed by atoms with E-state index in [9.17, 15) is 4.79 Å². The Hall–Kier alpha value is -2.00. The predicted octanol–water partition coefficient (Wildman–Crippen LogP) is 3.51. The van der Waals surface area contributed by atoms with Crippen LogP contribution < -0.4 is 11.1 Å². The summed E-state index contributed by atoms with van der Waals surface area (Å²) in [6.07, 6.45) is 0.795. The van der Waals surface area contributed by atoms with Crippen LogP contribution in [0.4, 0.5) is 11.4 Å². The highest BCUT2D eigenvalue weighted by atomic mass is 35.5. The molecular formula is C16H15ClN2O. The topological polar surface area (TPSA) is 55.1 Å². The Morgan fingerprint density at radius 1 is 1.35 bits per heavy atom. The van der Waals surface area contributed by atoms with Crippen LogP contribution in [-0.4, -0.2) is 5.91 Å². The maximum Gasteiger partial charge on any atom is 0.232 e. The van der Waals surface area contributed by atoms with Crippen molar-refractivity contribution in [3.05, 3.63) is 58.1 Å². The Labute approximate surface area is 122 Å². The van der Waals surface area contributed by atoms with Gasteiger partial charge in [-0.3, -0.25) is 4.79 Å². The van der Waals surface area contributed by atoms with Crippen molar-refractivity contribution in [2.24, 2.45) is 0 Å². The molecule has 1 atom stereocenters. The minimum atomic E-state index is -0.0677. The largest absolute Gasteiger partial charge is 0.398 e. The molecule has 3 rings (SSSR count). The summed E-state index contributed by atoms with van der Waals surface area (Å²) in [5.41, 5.74) is 10.3. The molecule has 1 unspecified atom stereocenters. The van der Waals surface area contributed by atoms with Gasteiger partial charge >= 0.3 is 0 Å². The zero-order valence-electron chi connectivity index (χ0n) is 11.1. The molecule has 0 fully saturated rings. The third-order valence-corrected chi connectivity index (χ3v) is 4.10. The molecule has 1 aliphatic carbocycles. The molecule has 0 bridgehead atoms. The lowest BCUT2D eigenvalue weighted by molar-refractivity contribution is -0.118. The first kappa shape index (κ1) is 13.0. The zero-order chi connectivity index (χ0) is 14.3. The number of amides is 1. The summed E-state index contributed by atoms with van der Waals surface area (Å²) >= 11 is 6.00. The van der Waals surface area contributed by atoms with Crippen molar-refractivity contribution in [2.45, 2.75) is 19.3 Å². The van der Waals surface area contributed by atoms with E-state index in [1.165, 1.54) is 5.56 Å². The molecule has 2 aromatic carbocycles. The van der Waals surface area contributed by atoms with Crippen LogP contribution in [0, 0.1) is 6.92 Å². The van der Waals surface area contributed by atoms with Crippen LogP contribution in [0.2, 0.25) is 5.02 Å². The van der Waals surface area contributed by atoms with Crippen LogP contribution in [0.25, 0.3) is 0 Å². The third kappa shape index (κ3) is 2.14. The molecule has 3 nitrogen and oxygen atoms in total. The smallest absolute Gasteiger partial charge is 0.232 e. The number of fused-ring (bicyclic) bond motifs is 1. The van der Waals surface area contributed by atoms with E-state index in [0.29, 0.717) is 10.7 Å². The number of benzene rings is 2. The molecule has 3 N–H and O–H groups in total. The van der Waals surface area contributed by atoms with Gasteiger partial charge in [0.25, 0.3) is 0 Å². The van der Waals surface area contributed by atoms with Crippen LogP contribution in [0.1, 0.15) is 22.6 Å². The Balaban J connectivity index is 1.80. The number of carbonyl (C=O) groups is 1. The van der Waals surface area contributed by atoms with Crippen molar-refractivity contribution in [1.82, 2.24) is 0 Å². The average molecular weight is 287 g/mol. The second kappa shape index (κ2) is 4.84. The van der Waals surface area contributed by atoms with E-state index in [1.807, 2.05) is 25.1 Å². The summed E-state index contributed by atoms with van der Waals surface area (Å²) in [5.74, 6) is -0.0606. The highest BCUT2D eigenvalue weighted by Crippen LogP contribution is 2.36. The van der Waals surface area contributed by atoms with E-state index in [1.54, 1.807) is 12.1 Å². The maximum atomic E-state index is 12.3. The molecule has 0 aliphatic heterocycles. The van der Waals surface area contributed by atoms with Gasteiger partial charge in [0.1, 0.15) is 0 Å². The van der Waals surface area contributed by atoms with E-state index < -0.39 is 0 Å². The van der Waals surface area contributed by atoms with Gasteiger partial charge in [-0.25, -0.2) is 0 Å². The summed E-state index contributed by atoms with van der Waals surface area (Å²) < 4.78 is 0. The van der Waals surface area contributed by atoms with E-state index in [-0.39, 0.29) is 11.8 Å². The summed E-state index contributed by atoms with van der Waals surface area (Å²) in [6.45, 7) is 1.90. The maximum absolute atomic E-state index is 12.3. The van der Waals surface area contributed by atoms with Gasteiger partial charge < -0.3 is 11.1 Å². The molecule has 20 heavy (non-hydrogen) atoms. The lowest BCUT2D eigenvalue weighted by Crippen LogP contribution is -2.30. The highest BCUT2D eigenvalue weighted by Gasteiger charge is 2.31. The number of halogens is 1. The minimum Gasteiger partial charge on any atom is -0.398 e. The van der Waals surface area contributed by atoms with Crippen molar-refractivity contribution in [2.75, 3.05) is 11.1 Å². The molecule has 1 amide bonds. The summed E-state index contributed by atoms with van der Waals surface area (Å²) in [4.78, 5) is 12.3. The van der Waals surface area contributed by atoms with Crippen molar-refractivity contribution in [1.29, 1.82) is 0 Å². The van der Waals surface area contributed by atoms with Crippen LogP contribution in [-0.2, 0) is 11.2 Å². The Kier molecular flexibility index (Phi) is 3.14. The molecule has 0 saturated heterocycles. The molecular weight excluding hydrogens is 272 g/mol. The van der Waals surface area contributed by atoms with Crippen LogP contribution in [0.5, 0.6) is 0 Å². The molecule has 0 spiro atoms. The summed E-state index contributed by atoms with van der Waals surface area (Å²) in [6, 6.07) is 11.5. The molecule has 102 valence electrons. The third-order valence-electron chi connectivity index (χ3n) is 3.77. The van der Waals surface area contributed by atoms with E-state index in [0.717, 1.165) is 23.2 Å². The van der Waals surface area contributed by atoms with E-state index >= 15 is 0 Å². The lowest BCUT2D eigenvalue weighted by atomic mass is 9.77. The van der Waals surface area contributed by atoms with Gasteiger partial charge in [-0.05, 0) is 42.2 Å². The molecule has 1 aliphatic rings. The normalized spacial score (nSPS) is 16.2. The van der Waals surface area contributed by atoms with Crippen molar-refractivity contribution >= 4 is 28.9 Å². The average Bonchev–Trinajstić information content (AvgIpc) is 2.37. The predicted molar refractivity (Wildman–Crippen MR) is 82.1 cm³/mol. The SMILES string of the molecule is Cc1cc(N)c(Cl)cc1NC(=O)C1Cc2ccccc21. The van der Waals surface area contributed by atoms with Crippen LogP contribution in [0.3, 0.4) is 0 Å². The first-order valence-electron chi connectivity index (χ1n) is 6.50. The number of hydrogen-bond donors (Lipinski definition) is 2. The fourth-order valence-corrected chi connectivity index (χ4v) is 2.71. The number of carbonyl (C=O) groups excluding carboxylic acids is 1. The van der Waals surface area contributed by atoms with Gasteiger partial charge in [0, 0.05) is 5.69 Å². The number of nitrogen functional groups attached to an aromatic ring is 1. The monoisotopic (exact) mass is 286 g/mol. The molecule has 0 radical (unpaired) electrons. The quantitative estimate of drug-likeness (QED) is 0.830. The standard InChI is InChI=1S/C16H15ClN2O/c1-9-6-14(18)13(17)8-15(9)19-16(20)12-7-10-4-2-3-5-11(10)12/h2-6,8,12H,7,18H2,1H3,(H,19,20). The Bertz CT molecular complexity index is 697. The number of nitrogens with two attached hydrogens (primary N) is 1. The second-order valence-electron chi connectivity index (χ2n) is 5.13. The fraction of sp³-hybridized carbons (Fsp3) is 0.188. The van der Waals surface area contributed by atoms with Crippen molar-refractivity contribution in [3.8, 4) is 0 Å². The van der Waals surface area contributed by atoms with Gasteiger partial charge in [0.15, 0.2) is 0 Å². The van der Waals surface area contributed by atoms with Crippen molar-refractivity contribution < 1.29 is 4.79 Å². The molecule has 2 aromatic rings. The molecule has 0 heterocycles. The lowest BCUT2D eigenvalue weighted by Gasteiger charge is -2.29. The molecule has 4 heteroatoms. The van der Waals surface area contributed by atoms with Gasteiger partial charge in [-0.1, -0.05) is 35.9 Å². The number of nitrogens with one attached hydrogen (secondary N) is 1. The number of rotatable bonds is 2. The van der Waals surface area contributed by atoms with Crippen LogP contribution >= 0.6 is 11.6 Å². The van der Waals surface area contributed by atoms with E-state index in [4.69, 9.17) is 17.3 Å². The number of aryl methyl sites for hydroxylation is 1. The number of hydrogen-bond acceptors (Lipinski definition) is 2. The summed E-state index contributed by atoms with van der Waals surface area (Å²) in [5, 5.41) is 3.40. The van der Waals surface area contributed by atoms with Crippen LogP contribution in [0.15, 0.2) is 36.4 Å². The Morgan fingerprint density at radius 2 is 2.10 bits per heavy atom. The van der Waals surface area contributed by atoms with Gasteiger partial charge in [0.05, 0.1) is 16.6 Å². The molecule has 0 aromatic heterocycles.